The van der Waals surface area contributed by atoms with Gasteiger partial charge in [0.1, 0.15) is 12.3 Å². The Hall–Kier alpha value is -3.42. The maximum atomic E-state index is 12.5. The standard InChI is InChI=1S/C20H23N5O3/c1-14(2)19(15-9-11-17(28-3)12-10-15)21-18(26)13-24-20(27)25(23-22-24)16-7-5-4-6-8-16/h4-12,14,19H,13H2,1-3H3,(H,21,26)/t19-/m1/s1. The molecule has 8 nitrogen and oxygen atoms in total. The van der Waals surface area contributed by atoms with E-state index in [1.54, 1.807) is 31.4 Å². The number of tetrazole rings is 1. The molecule has 2 aromatic carbocycles. The van der Waals surface area contributed by atoms with Crippen molar-refractivity contribution < 1.29 is 9.53 Å². The molecule has 0 radical (unpaired) electrons. The first-order chi connectivity index (χ1) is 13.5. The number of carbonyl (C=O) groups is 1. The third-order valence-electron chi connectivity index (χ3n) is 4.39. The Labute approximate surface area is 162 Å². The lowest BCUT2D eigenvalue weighted by molar-refractivity contribution is -0.123. The van der Waals surface area contributed by atoms with Gasteiger partial charge >= 0.3 is 5.69 Å². The van der Waals surface area contributed by atoms with E-state index in [1.165, 1.54) is 0 Å². The van der Waals surface area contributed by atoms with Crippen LogP contribution in [0, 0.1) is 5.92 Å². The topological polar surface area (TPSA) is 91.0 Å². The zero-order valence-corrected chi connectivity index (χ0v) is 16.1. The summed E-state index contributed by atoms with van der Waals surface area (Å²) in [6.45, 7) is 3.84. The maximum absolute atomic E-state index is 12.5. The molecule has 1 atom stereocenters. The Kier molecular flexibility index (Phi) is 5.88. The number of nitrogens with one attached hydrogen (secondary N) is 1. The average Bonchev–Trinajstić information content (AvgIpc) is 3.07. The van der Waals surface area contributed by atoms with E-state index in [-0.39, 0.29) is 24.4 Å². The van der Waals surface area contributed by atoms with Crippen molar-refractivity contribution in [2.45, 2.75) is 26.4 Å². The minimum Gasteiger partial charge on any atom is -0.497 e. The number of benzene rings is 2. The number of carbonyl (C=O) groups excluding carboxylic acids is 1. The Morgan fingerprint density at radius 1 is 1.07 bits per heavy atom. The summed E-state index contributed by atoms with van der Waals surface area (Å²) in [7, 11) is 1.61. The number of rotatable bonds is 7. The monoisotopic (exact) mass is 381 g/mol. The summed E-state index contributed by atoms with van der Waals surface area (Å²) in [5.41, 5.74) is 1.09. The summed E-state index contributed by atoms with van der Waals surface area (Å²) in [4.78, 5) is 25.0. The molecule has 1 N–H and O–H groups in total. The highest BCUT2D eigenvalue weighted by molar-refractivity contribution is 5.76. The number of para-hydroxylation sites is 1. The molecule has 146 valence electrons. The Balaban J connectivity index is 1.73. The maximum Gasteiger partial charge on any atom is 0.368 e. The van der Waals surface area contributed by atoms with E-state index in [1.807, 2.05) is 44.2 Å². The van der Waals surface area contributed by atoms with E-state index < -0.39 is 5.69 Å². The van der Waals surface area contributed by atoms with Crippen LogP contribution in [0.2, 0.25) is 0 Å². The molecule has 0 saturated carbocycles. The van der Waals surface area contributed by atoms with Crippen LogP contribution in [0.25, 0.3) is 5.69 Å². The number of methoxy groups -OCH3 is 1. The van der Waals surface area contributed by atoms with Crippen molar-refractivity contribution in [2.75, 3.05) is 7.11 Å². The first kappa shape index (κ1) is 19.3. The summed E-state index contributed by atoms with van der Waals surface area (Å²) in [5.74, 6) is 0.604. The van der Waals surface area contributed by atoms with Crippen LogP contribution in [-0.2, 0) is 11.3 Å². The van der Waals surface area contributed by atoms with Gasteiger partial charge in [-0.25, -0.2) is 4.79 Å². The number of ether oxygens (including phenoxy) is 1. The normalized spacial score (nSPS) is 12.0. The number of amides is 1. The van der Waals surface area contributed by atoms with Gasteiger partial charge in [0, 0.05) is 0 Å². The predicted molar refractivity (Wildman–Crippen MR) is 104 cm³/mol. The number of hydrogen-bond donors (Lipinski definition) is 1. The van der Waals surface area contributed by atoms with Crippen LogP contribution in [0.4, 0.5) is 0 Å². The van der Waals surface area contributed by atoms with Crippen LogP contribution >= 0.6 is 0 Å². The van der Waals surface area contributed by atoms with Gasteiger partial charge in [0.05, 0.1) is 18.8 Å². The minimum absolute atomic E-state index is 0.161. The molecule has 0 aliphatic carbocycles. The molecule has 28 heavy (non-hydrogen) atoms. The molecule has 0 unspecified atom stereocenters. The second kappa shape index (κ2) is 8.51. The molecule has 0 fully saturated rings. The fourth-order valence-electron chi connectivity index (χ4n) is 2.91. The molecule has 8 heteroatoms. The average molecular weight is 381 g/mol. The quantitative estimate of drug-likeness (QED) is 0.675. The number of aromatic nitrogens is 4. The smallest absolute Gasteiger partial charge is 0.368 e. The molecule has 0 saturated heterocycles. The van der Waals surface area contributed by atoms with Crippen molar-refractivity contribution in [3.8, 4) is 11.4 Å². The molecule has 3 rings (SSSR count). The molecule has 3 aromatic rings. The molecule has 1 heterocycles. The summed E-state index contributed by atoms with van der Waals surface area (Å²) >= 11 is 0. The van der Waals surface area contributed by atoms with Crippen molar-refractivity contribution in [2.24, 2.45) is 5.92 Å². The van der Waals surface area contributed by atoms with Crippen molar-refractivity contribution in [3.63, 3.8) is 0 Å². The zero-order valence-electron chi connectivity index (χ0n) is 16.1. The SMILES string of the molecule is COc1ccc([C@H](NC(=O)Cn2nnn(-c3ccccc3)c2=O)C(C)C)cc1. The lowest BCUT2D eigenvalue weighted by Crippen LogP contribution is -2.37. The van der Waals surface area contributed by atoms with Gasteiger partial charge in [0.15, 0.2) is 0 Å². The number of nitrogens with zero attached hydrogens (tertiary/aromatic N) is 4. The fraction of sp³-hybridized carbons (Fsp3) is 0.300. The van der Waals surface area contributed by atoms with Crippen LogP contribution in [0.15, 0.2) is 59.4 Å². The molecule has 0 bridgehead atoms. The highest BCUT2D eigenvalue weighted by Crippen LogP contribution is 2.23. The van der Waals surface area contributed by atoms with Gasteiger partial charge in [-0.2, -0.15) is 9.36 Å². The van der Waals surface area contributed by atoms with Crippen LogP contribution in [0.5, 0.6) is 5.75 Å². The van der Waals surface area contributed by atoms with Gasteiger partial charge in [-0.15, -0.1) is 0 Å². The summed E-state index contributed by atoms with van der Waals surface area (Å²) in [5, 5.41) is 10.7. The minimum atomic E-state index is -0.466. The first-order valence-corrected chi connectivity index (χ1v) is 9.01. The first-order valence-electron chi connectivity index (χ1n) is 9.01. The van der Waals surface area contributed by atoms with E-state index >= 15 is 0 Å². The van der Waals surface area contributed by atoms with Crippen molar-refractivity contribution in [1.29, 1.82) is 0 Å². The largest absolute Gasteiger partial charge is 0.497 e. The van der Waals surface area contributed by atoms with Gasteiger partial charge in [-0.1, -0.05) is 44.2 Å². The van der Waals surface area contributed by atoms with Crippen LogP contribution in [-0.4, -0.2) is 32.8 Å². The third-order valence-corrected chi connectivity index (χ3v) is 4.39. The Morgan fingerprint density at radius 3 is 2.36 bits per heavy atom. The van der Waals surface area contributed by atoms with Crippen molar-refractivity contribution >= 4 is 5.91 Å². The van der Waals surface area contributed by atoms with Crippen LogP contribution in [0.3, 0.4) is 0 Å². The molecular weight excluding hydrogens is 358 g/mol. The van der Waals surface area contributed by atoms with Gasteiger partial charge in [0.25, 0.3) is 0 Å². The molecule has 0 aliphatic heterocycles. The van der Waals surface area contributed by atoms with Crippen molar-refractivity contribution in [3.05, 3.63) is 70.6 Å². The van der Waals surface area contributed by atoms with E-state index in [2.05, 4.69) is 15.7 Å². The zero-order chi connectivity index (χ0) is 20.1. The van der Waals surface area contributed by atoms with Crippen LogP contribution in [0.1, 0.15) is 25.5 Å². The fourth-order valence-corrected chi connectivity index (χ4v) is 2.91. The lowest BCUT2D eigenvalue weighted by Gasteiger charge is -2.23. The van der Waals surface area contributed by atoms with Gasteiger partial charge < -0.3 is 10.1 Å². The van der Waals surface area contributed by atoms with E-state index in [0.29, 0.717) is 5.69 Å². The number of hydrogen-bond acceptors (Lipinski definition) is 5. The summed E-state index contributed by atoms with van der Waals surface area (Å²) < 4.78 is 7.39. The molecular formula is C20H23N5O3. The van der Waals surface area contributed by atoms with Gasteiger partial charge in [-0.3, -0.25) is 4.79 Å². The third kappa shape index (κ3) is 4.28. The van der Waals surface area contributed by atoms with Crippen molar-refractivity contribution in [1.82, 2.24) is 25.1 Å². The molecule has 0 aliphatic rings. The Bertz CT molecular complexity index is 977. The predicted octanol–water partition coefficient (Wildman–Crippen LogP) is 1.95. The summed E-state index contributed by atoms with van der Waals surface area (Å²) in [6.07, 6.45) is 0. The van der Waals surface area contributed by atoms with Gasteiger partial charge in [0.2, 0.25) is 5.91 Å². The molecule has 0 spiro atoms. The van der Waals surface area contributed by atoms with E-state index in [9.17, 15) is 9.59 Å². The summed E-state index contributed by atoms with van der Waals surface area (Å²) in [6, 6.07) is 16.3. The van der Waals surface area contributed by atoms with Crippen LogP contribution < -0.4 is 15.7 Å². The lowest BCUT2D eigenvalue weighted by atomic mass is 9.96. The van der Waals surface area contributed by atoms with E-state index in [4.69, 9.17) is 4.74 Å². The van der Waals surface area contributed by atoms with Gasteiger partial charge in [-0.05, 0) is 46.2 Å². The highest BCUT2D eigenvalue weighted by Gasteiger charge is 2.20. The molecule has 1 aromatic heterocycles. The van der Waals surface area contributed by atoms with E-state index in [0.717, 1.165) is 20.7 Å². The molecule has 1 amide bonds. The Morgan fingerprint density at radius 2 is 1.75 bits per heavy atom. The second-order valence-corrected chi connectivity index (χ2v) is 6.73. The second-order valence-electron chi connectivity index (χ2n) is 6.73. The highest BCUT2D eigenvalue weighted by atomic mass is 16.5.